The van der Waals surface area contributed by atoms with Crippen LogP contribution in [0, 0.1) is 5.82 Å². The van der Waals surface area contributed by atoms with Crippen LogP contribution >= 0.6 is 0 Å². The van der Waals surface area contributed by atoms with Crippen molar-refractivity contribution in [1.29, 1.82) is 0 Å². The van der Waals surface area contributed by atoms with E-state index in [-0.39, 0.29) is 11.7 Å². The van der Waals surface area contributed by atoms with Crippen LogP contribution in [0.1, 0.15) is 24.8 Å². The van der Waals surface area contributed by atoms with Crippen LogP contribution in [0.5, 0.6) is 0 Å². The van der Waals surface area contributed by atoms with Crippen LogP contribution in [-0.2, 0) is 17.6 Å². The highest BCUT2D eigenvalue weighted by Crippen LogP contribution is 2.23. The molecule has 2 aromatic carbocycles. The van der Waals surface area contributed by atoms with E-state index in [9.17, 15) is 9.18 Å². The van der Waals surface area contributed by atoms with E-state index in [2.05, 4.69) is 17.1 Å². The Morgan fingerprint density at radius 1 is 1.07 bits per heavy atom. The van der Waals surface area contributed by atoms with Gasteiger partial charge in [0.15, 0.2) is 11.7 Å². The average molecular weight is 366 g/mol. The van der Waals surface area contributed by atoms with Gasteiger partial charge in [-0.1, -0.05) is 42.5 Å². The van der Waals surface area contributed by atoms with Gasteiger partial charge in [0.25, 0.3) is 0 Å². The van der Waals surface area contributed by atoms with E-state index >= 15 is 0 Å². The molecule has 0 aliphatic heterocycles. The first-order valence-electron chi connectivity index (χ1n) is 9.18. The Labute approximate surface area is 158 Å². The van der Waals surface area contributed by atoms with Crippen molar-refractivity contribution in [3.63, 3.8) is 0 Å². The third-order valence-corrected chi connectivity index (χ3v) is 4.49. The Hall–Kier alpha value is -2.95. The second-order valence-electron chi connectivity index (χ2n) is 6.31. The van der Waals surface area contributed by atoms with E-state index in [1.54, 1.807) is 18.2 Å². The molecule has 0 fully saturated rings. The predicted molar refractivity (Wildman–Crippen MR) is 103 cm³/mol. The zero-order valence-corrected chi connectivity index (χ0v) is 15.4. The van der Waals surface area contributed by atoms with Crippen molar-refractivity contribution in [2.75, 3.05) is 13.1 Å². The van der Waals surface area contributed by atoms with Gasteiger partial charge in [0.1, 0.15) is 5.82 Å². The molecule has 1 aromatic heterocycles. The molecule has 0 aliphatic carbocycles. The molecule has 0 unspecified atom stereocenters. The number of halogens is 1. The Balaban J connectivity index is 1.54. The van der Waals surface area contributed by atoms with Crippen LogP contribution in [0.4, 0.5) is 4.39 Å². The number of carbonyl (C=O) groups is 1. The Bertz CT molecular complexity index is 877. The largest absolute Gasteiger partial charge is 0.441 e. The van der Waals surface area contributed by atoms with Crippen LogP contribution in [0.15, 0.2) is 65.2 Å². The van der Waals surface area contributed by atoms with E-state index in [0.29, 0.717) is 43.1 Å². The summed E-state index contributed by atoms with van der Waals surface area (Å²) >= 11 is 0. The summed E-state index contributed by atoms with van der Waals surface area (Å²) in [4.78, 5) is 18.5. The van der Waals surface area contributed by atoms with E-state index in [0.717, 1.165) is 6.42 Å². The highest BCUT2D eigenvalue weighted by Gasteiger charge is 2.15. The van der Waals surface area contributed by atoms with Gasteiger partial charge < -0.3 is 9.32 Å². The van der Waals surface area contributed by atoms with E-state index < -0.39 is 0 Å². The maximum absolute atomic E-state index is 13.8. The molecule has 0 saturated carbocycles. The lowest BCUT2D eigenvalue weighted by Gasteiger charge is -2.20. The van der Waals surface area contributed by atoms with Crippen LogP contribution < -0.4 is 0 Å². The molecular formula is C22H23FN2O2. The summed E-state index contributed by atoms with van der Waals surface area (Å²) in [5.74, 6) is 0.543. The maximum Gasteiger partial charge on any atom is 0.223 e. The number of hydrogen-bond acceptors (Lipinski definition) is 3. The van der Waals surface area contributed by atoms with Crippen LogP contribution in [0.2, 0.25) is 0 Å². The van der Waals surface area contributed by atoms with Crippen LogP contribution in [-0.4, -0.2) is 28.9 Å². The SMILES string of the molecule is CCN(CCc1ccccc1)C(=O)CCc1ncc(-c2ccccc2F)o1. The Morgan fingerprint density at radius 3 is 2.56 bits per heavy atom. The molecule has 1 amide bonds. The van der Waals surface area contributed by atoms with E-state index in [1.165, 1.54) is 17.8 Å². The number of aryl methyl sites for hydroxylation is 1. The van der Waals surface area contributed by atoms with Gasteiger partial charge >= 0.3 is 0 Å². The van der Waals surface area contributed by atoms with Crippen molar-refractivity contribution in [2.45, 2.75) is 26.2 Å². The topological polar surface area (TPSA) is 46.3 Å². The minimum absolute atomic E-state index is 0.0686. The lowest BCUT2D eigenvalue weighted by Crippen LogP contribution is -2.32. The number of aromatic nitrogens is 1. The molecule has 0 radical (unpaired) electrons. The zero-order valence-electron chi connectivity index (χ0n) is 15.4. The van der Waals surface area contributed by atoms with Gasteiger partial charge in [0.05, 0.1) is 11.8 Å². The number of likely N-dealkylation sites (N-methyl/N-ethyl adjacent to an activating group) is 1. The molecule has 0 aliphatic rings. The van der Waals surface area contributed by atoms with Gasteiger partial charge in [0.2, 0.25) is 5.91 Å². The van der Waals surface area contributed by atoms with Gasteiger partial charge in [-0.3, -0.25) is 4.79 Å². The molecule has 5 heteroatoms. The normalized spacial score (nSPS) is 10.7. The third kappa shape index (κ3) is 5.03. The first-order valence-corrected chi connectivity index (χ1v) is 9.18. The van der Waals surface area contributed by atoms with E-state index in [1.807, 2.05) is 30.0 Å². The fourth-order valence-electron chi connectivity index (χ4n) is 2.95. The summed E-state index contributed by atoms with van der Waals surface area (Å²) in [6.07, 6.45) is 3.05. The fraction of sp³-hybridized carbons (Fsp3) is 0.273. The Morgan fingerprint density at radius 2 is 1.81 bits per heavy atom. The minimum atomic E-state index is -0.352. The molecule has 3 rings (SSSR count). The standard InChI is InChI=1S/C22H23FN2O2/c1-2-25(15-14-17-8-4-3-5-9-17)22(26)13-12-21-24-16-20(27-21)18-10-6-7-11-19(18)23/h3-11,16H,2,12-15H2,1H3. The molecule has 140 valence electrons. The number of rotatable bonds is 8. The highest BCUT2D eigenvalue weighted by atomic mass is 19.1. The second-order valence-corrected chi connectivity index (χ2v) is 6.31. The Kier molecular flexibility index (Phi) is 6.36. The first-order chi connectivity index (χ1) is 13.2. The van der Waals surface area contributed by atoms with E-state index in [4.69, 9.17) is 4.42 Å². The highest BCUT2D eigenvalue weighted by molar-refractivity contribution is 5.76. The third-order valence-electron chi connectivity index (χ3n) is 4.49. The molecule has 0 N–H and O–H groups in total. The minimum Gasteiger partial charge on any atom is -0.441 e. The van der Waals surface area contributed by atoms with Gasteiger partial charge in [-0.05, 0) is 31.0 Å². The van der Waals surface area contributed by atoms with Crippen molar-refractivity contribution in [3.8, 4) is 11.3 Å². The summed E-state index contributed by atoms with van der Waals surface area (Å²) in [6, 6.07) is 16.5. The van der Waals surface area contributed by atoms with Crippen molar-refractivity contribution < 1.29 is 13.6 Å². The second kappa shape index (κ2) is 9.12. The quantitative estimate of drug-likeness (QED) is 0.589. The number of carbonyl (C=O) groups excluding carboxylic acids is 1. The number of oxazole rings is 1. The summed E-state index contributed by atoms with van der Waals surface area (Å²) < 4.78 is 19.4. The lowest BCUT2D eigenvalue weighted by atomic mass is 10.1. The monoisotopic (exact) mass is 366 g/mol. The van der Waals surface area contributed by atoms with Crippen molar-refractivity contribution in [1.82, 2.24) is 9.88 Å². The summed E-state index contributed by atoms with van der Waals surface area (Å²) in [6.45, 7) is 3.33. The summed E-state index contributed by atoms with van der Waals surface area (Å²) in [5, 5.41) is 0. The summed E-state index contributed by atoms with van der Waals surface area (Å²) in [5.41, 5.74) is 1.59. The molecule has 27 heavy (non-hydrogen) atoms. The van der Waals surface area contributed by atoms with Crippen molar-refractivity contribution in [2.24, 2.45) is 0 Å². The number of hydrogen-bond donors (Lipinski definition) is 0. The average Bonchev–Trinajstić information content (AvgIpc) is 3.17. The maximum atomic E-state index is 13.8. The number of benzene rings is 2. The molecule has 3 aromatic rings. The fourth-order valence-corrected chi connectivity index (χ4v) is 2.95. The predicted octanol–water partition coefficient (Wildman–Crippen LogP) is 4.50. The van der Waals surface area contributed by atoms with Crippen LogP contribution in [0.3, 0.4) is 0 Å². The molecule has 1 heterocycles. The number of amides is 1. The van der Waals surface area contributed by atoms with Crippen LogP contribution in [0.25, 0.3) is 11.3 Å². The van der Waals surface area contributed by atoms with Gasteiger partial charge in [0, 0.05) is 25.9 Å². The molecular weight excluding hydrogens is 343 g/mol. The van der Waals surface area contributed by atoms with Gasteiger partial charge in [-0.2, -0.15) is 0 Å². The molecule has 4 nitrogen and oxygen atoms in total. The molecule has 0 bridgehead atoms. The molecule has 0 atom stereocenters. The first kappa shape index (κ1) is 18.8. The van der Waals surface area contributed by atoms with Crippen molar-refractivity contribution in [3.05, 3.63) is 78.1 Å². The number of nitrogens with zero attached hydrogens (tertiary/aromatic N) is 2. The smallest absolute Gasteiger partial charge is 0.223 e. The zero-order chi connectivity index (χ0) is 19.1. The summed E-state index contributed by atoms with van der Waals surface area (Å²) in [7, 11) is 0. The lowest BCUT2D eigenvalue weighted by molar-refractivity contribution is -0.131. The molecule has 0 saturated heterocycles. The molecule has 0 spiro atoms. The van der Waals surface area contributed by atoms with Gasteiger partial charge in [-0.15, -0.1) is 0 Å². The van der Waals surface area contributed by atoms with Crippen molar-refractivity contribution >= 4 is 5.91 Å². The van der Waals surface area contributed by atoms with Gasteiger partial charge in [-0.25, -0.2) is 9.37 Å².